The van der Waals surface area contributed by atoms with Crippen LogP contribution in [0.1, 0.15) is 39.8 Å². The van der Waals surface area contributed by atoms with E-state index < -0.39 is 0 Å². The Morgan fingerprint density at radius 3 is 2.75 bits per heavy atom. The molecule has 0 bridgehead atoms. The fourth-order valence-corrected chi connectivity index (χ4v) is 3.70. The number of hydrogen-bond donors (Lipinski definition) is 1. The molecule has 3 aromatic rings. The Hall–Kier alpha value is -2.25. The van der Waals surface area contributed by atoms with Crippen molar-refractivity contribution < 1.29 is 4.79 Å². The van der Waals surface area contributed by atoms with E-state index in [1.54, 1.807) is 11.6 Å². The monoisotopic (exact) mass is 359 g/mol. The molecule has 0 atom stereocenters. The zero-order valence-electron chi connectivity index (χ0n) is 12.9. The molecule has 1 aromatic carbocycles. The van der Waals surface area contributed by atoms with Crippen LogP contribution in [0.25, 0.3) is 5.69 Å². The third-order valence-electron chi connectivity index (χ3n) is 3.82. The highest BCUT2D eigenvalue weighted by atomic mass is 35.5. The molecular weight excluding hydrogens is 346 g/mol. The maximum atomic E-state index is 12.6. The highest BCUT2D eigenvalue weighted by Crippen LogP contribution is 2.42. The zero-order chi connectivity index (χ0) is 16.7. The molecule has 122 valence electrons. The maximum Gasteiger partial charge on any atom is 0.262 e. The predicted octanol–water partition coefficient (Wildman–Crippen LogP) is 3.82. The van der Waals surface area contributed by atoms with Gasteiger partial charge in [-0.1, -0.05) is 41.1 Å². The van der Waals surface area contributed by atoms with Gasteiger partial charge in [0.05, 0.1) is 11.4 Å². The van der Waals surface area contributed by atoms with Crippen molar-refractivity contribution in [1.82, 2.24) is 20.0 Å². The van der Waals surface area contributed by atoms with E-state index in [1.807, 2.05) is 30.3 Å². The number of rotatable bonds is 4. The Labute approximate surface area is 147 Å². The fraction of sp³-hybridized carbons (Fsp3) is 0.250. The molecule has 0 spiro atoms. The molecule has 0 unspecified atom stereocenters. The van der Waals surface area contributed by atoms with Gasteiger partial charge >= 0.3 is 0 Å². The van der Waals surface area contributed by atoms with Crippen molar-refractivity contribution in [3.63, 3.8) is 0 Å². The van der Waals surface area contributed by atoms with E-state index >= 15 is 0 Å². The van der Waals surface area contributed by atoms with E-state index in [2.05, 4.69) is 20.6 Å². The molecule has 1 amide bonds. The fourth-order valence-electron chi connectivity index (χ4n) is 2.44. The molecule has 0 radical (unpaired) electrons. The van der Waals surface area contributed by atoms with Crippen LogP contribution in [0.4, 0.5) is 5.13 Å². The number of aryl methyl sites for hydroxylation is 1. The van der Waals surface area contributed by atoms with Gasteiger partial charge in [-0.2, -0.15) is 5.10 Å². The molecule has 2 heterocycles. The van der Waals surface area contributed by atoms with Crippen LogP contribution in [-0.4, -0.2) is 25.9 Å². The third kappa shape index (κ3) is 2.81. The minimum absolute atomic E-state index is 0.281. The summed E-state index contributed by atoms with van der Waals surface area (Å²) < 4.78 is 1.56. The smallest absolute Gasteiger partial charge is 0.262 e. The van der Waals surface area contributed by atoms with Gasteiger partial charge in [-0.25, -0.2) is 4.68 Å². The average molecular weight is 360 g/mol. The summed E-state index contributed by atoms with van der Waals surface area (Å²) in [6, 6.07) is 9.46. The average Bonchev–Trinajstić information content (AvgIpc) is 3.25. The highest BCUT2D eigenvalue weighted by Gasteiger charge is 2.28. The summed E-state index contributed by atoms with van der Waals surface area (Å²) in [6.45, 7) is 1.76. The lowest BCUT2D eigenvalue weighted by molar-refractivity contribution is 0.102. The van der Waals surface area contributed by atoms with E-state index in [1.165, 1.54) is 11.3 Å². The Kier molecular flexibility index (Phi) is 3.82. The van der Waals surface area contributed by atoms with Crippen molar-refractivity contribution in [2.75, 3.05) is 5.32 Å². The summed E-state index contributed by atoms with van der Waals surface area (Å²) in [7, 11) is 0. The van der Waals surface area contributed by atoms with E-state index in [9.17, 15) is 4.79 Å². The second-order valence-corrected chi connectivity index (χ2v) is 7.04. The number of aromatic nitrogens is 4. The first-order chi connectivity index (χ1) is 11.6. The summed E-state index contributed by atoms with van der Waals surface area (Å²) in [5.74, 6) is 0.192. The SMILES string of the molecule is Cc1nn(-c2ccccc2)c(Cl)c1C(=O)Nc1nnc(C2CC2)s1. The Morgan fingerprint density at radius 2 is 2.04 bits per heavy atom. The molecule has 8 heteroatoms. The van der Waals surface area contributed by atoms with Crippen molar-refractivity contribution in [3.05, 3.63) is 51.7 Å². The number of hydrogen-bond acceptors (Lipinski definition) is 5. The van der Waals surface area contributed by atoms with Gasteiger partial charge in [0, 0.05) is 5.92 Å². The van der Waals surface area contributed by atoms with E-state index in [0.29, 0.717) is 22.3 Å². The Balaban J connectivity index is 1.61. The van der Waals surface area contributed by atoms with Crippen LogP contribution in [0.2, 0.25) is 5.15 Å². The van der Waals surface area contributed by atoms with E-state index in [-0.39, 0.29) is 11.1 Å². The maximum absolute atomic E-state index is 12.6. The molecule has 1 fully saturated rings. The van der Waals surface area contributed by atoms with Crippen LogP contribution in [0.3, 0.4) is 0 Å². The number of halogens is 1. The molecular formula is C16H14ClN5OS. The second kappa shape index (κ2) is 5.99. The lowest BCUT2D eigenvalue weighted by Gasteiger charge is -2.03. The van der Waals surface area contributed by atoms with Crippen LogP contribution >= 0.6 is 22.9 Å². The first kappa shape index (κ1) is 15.3. The summed E-state index contributed by atoms with van der Waals surface area (Å²) in [6.07, 6.45) is 2.30. The molecule has 1 N–H and O–H groups in total. The lowest BCUT2D eigenvalue weighted by atomic mass is 10.2. The largest absolute Gasteiger partial charge is 0.296 e. The number of nitrogens with one attached hydrogen (secondary N) is 1. The van der Waals surface area contributed by atoms with Gasteiger partial charge in [0.15, 0.2) is 0 Å². The van der Waals surface area contributed by atoms with Gasteiger partial charge in [0.2, 0.25) is 5.13 Å². The van der Waals surface area contributed by atoms with Crippen LogP contribution in [0.5, 0.6) is 0 Å². The number of nitrogens with zero attached hydrogens (tertiary/aromatic N) is 4. The molecule has 6 nitrogen and oxygen atoms in total. The van der Waals surface area contributed by atoms with Gasteiger partial charge in [0.25, 0.3) is 5.91 Å². The number of carbonyl (C=O) groups is 1. The topological polar surface area (TPSA) is 72.7 Å². The zero-order valence-corrected chi connectivity index (χ0v) is 14.4. The first-order valence-corrected chi connectivity index (χ1v) is 8.78. The van der Waals surface area contributed by atoms with Crippen molar-refractivity contribution in [1.29, 1.82) is 0 Å². The standard InChI is InChI=1S/C16H14ClN5OS/c1-9-12(13(17)22(21-9)11-5-3-2-4-6-11)14(23)18-16-20-19-15(24-16)10-7-8-10/h2-6,10H,7-8H2,1H3,(H,18,20,23). The molecule has 24 heavy (non-hydrogen) atoms. The number of para-hydroxylation sites is 1. The summed E-state index contributed by atoms with van der Waals surface area (Å²) in [4.78, 5) is 12.6. The van der Waals surface area contributed by atoms with Crippen molar-refractivity contribution in [2.45, 2.75) is 25.7 Å². The van der Waals surface area contributed by atoms with Crippen LogP contribution in [0, 0.1) is 6.92 Å². The minimum atomic E-state index is -0.321. The molecule has 0 saturated heterocycles. The Morgan fingerprint density at radius 1 is 1.29 bits per heavy atom. The van der Waals surface area contributed by atoms with Crippen molar-refractivity contribution >= 4 is 34.0 Å². The van der Waals surface area contributed by atoms with E-state index in [4.69, 9.17) is 11.6 Å². The lowest BCUT2D eigenvalue weighted by Crippen LogP contribution is -2.13. The number of benzene rings is 1. The summed E-state index contributed by atoms with van der Waals surface area (Å²) in [5.41, 5.74) is 1.72. The predicted molar refractivity (Wildman–Crippen MR) is 93.1 cm³/mol. The molecule has 4 rings (SSSR count). The molecule has 2 aromatic heterocycles. The second-order valence-electron chi connectivity index (χ2n) is 5.67. The van der Waals surface area contributed by atoms with Gasteiger partial charge < -0.3 is 0 Å². The summed E-state index contributed by atoms with van der Waals surface area (Å²) >= 11 is 7.81. The molecule has 0 aliphatic heterocycles. The van der Waals surface area contributed by atoms with Crippen molar-refractivity contribution in [2.24, 2.45) is 0 Å². The third-order valence-corrected chi connectivity index (χ3v) is 5.17. The number of anilines is 1. The first-order valence-electron chi connectivity index (χ1n) is 7.59. The Bertz CT molecular complexity index is 901. The molecule has 1 saturated carbocycles. The van der Waals surface area contributed by atoms with Crippen LogP contribution in [0.15, 0.2) is 30.3 Å². The van der Waals surface area contributed by atoms with Crippen molar-refractivity contribution in [3.8, 4) is 5.69 Å². The normalized spacial score (nSPS) is 13.9. The molecule has 1 aliphatic carbocycles. The molecule has 1 aliphatic rings. The number of carbonyl (C=O) groups excluding carboxylic acids is 1. The quantitative estimate of drug-likeness (QED) is 0.768. The highest BCUT2D eigenvalue weighted by molar-refractivity contribution is 7.15. The van der Waals surface area contributed by atoms with Gasteiger partial charge in [0.1, 0.15) is 15.7 Å². The van der Waals surface area contributed by atoms with E-state index in [0.717, 1.165) is 23.5 Å². The van der Waals surface area contributed by atoms with Gasteiger partial charge in [-0.05, 0) is 31.9 Å². The minimum Gasteiger partial charge on any atom is -0.296 e. The van der Waals surface area contributed by atoms with Gasteiger partial charge in [-0.15, -0.1) is 10.2 Å². The van der Waals surface area contributed by atoms with Crippen LogP contribution in [-0.2, 0) is 0 Å². The summed E-state index contributed by atoms with van der Waals surface area (Å²) in [5, 5.41) is 17.1. The number of amides is 1. The van der Waals surface area contributed by atoms with Gasteiger partial charge in [-0.3, -0.25) is 10.1 Å². The van der Waals surface area contributed by atoms with Crippen LogP contribution < -0.4 is 5.32 Å².